The Balaban J connectivity index is 1.91. The zero-order valence-electron chi connectivity index (χ0n) is 19.1. The average molecular weight is 468 g/mol. The Bertz CT molecular complexity index is 1060. The van der Waals surface area contributed by atoms with Crippen molar-refractivity contribution in [3.63, 3.8) is 0 Å². The van der Waals surface area contributed by atoms with Crippen molar-refractivity contribution in [1.82, 2.24) is 0 Å². The molecule has 1 N–H and O–H groups in total. The first-order chi connectivity index (χ1) is 15.7. The zero-order chi connectivity index (χ0) is 23.9. The molecule has 174 valence electrons. The predicted molar refractivity (Wildman–Crippen MR) is 127 cm³/mol. The highest BCUT2D eigenvalue weighted by Crippen LogP contribution is 2.53. The Kier molecular flexibility index (Phi) is 8.09. The minimum atomic E-state index is -4.07. The number of aliphatic carboxylic acids is 1. The van der Waals surface area contributed by atoms with Gasteiger partial charge in [-0.25, -0.2) is 4.57 Å². The molecular weight excluding hydrogens is 439 g/mol. The molecule has 0 bridgehead atoms. The van der Waals surface area contributed by atoms with Crippen LogP contribution in [0.15, 0.2) is 78.9 Å². The van der Waals surface area contributed by atoms with Crippen molar-refractivity contribution >= 4 is 13.8 Å². The van der Waals surface area contributed by atoms with Gasteiger partial charge >= 0.3 is 13.8 Å². The van der Waals surface area contributed by atoms with Gasteiger partial charge in [0.15, 0.2) is 0 Å². The van der Waals surface area contributed by atoms with E-state index in [1.165, 1.54) is 0 Å². The second-order valence-corrected chi connectivity index (χ2v) is 10.1. The van der Waals surface area contributed by atoms with E-state index >= 15 is 0 Å². The Morgan fingerprint density at radius 3 is 1.85 bits per heavy atom. The van der Waals surface area contributed by atoms with Crippen molar-refractivity contribution in [1.29, 1.82) is 0 Å². The summed E-state index contributed by atoms with van der Waals surface area (Å²) in [6, 6.07) is 23.9. The van der Waals surface area contributed by atoms with Gasteiger partial charge in [-0.3, -0.25) is 13.8 Å². The van der Waals surface area contributed by atoms with Gasteiger partial charge in [0.2, 0.25) is 0 Å². The van der Waals surface area contributed by atoms with E-state index in [1.54, 1.807) is 12.1 Å². The Morgan fingerprint density at radius 2 is 1.36 bits per heavy atom. The second-order valence-electron chi connectivity index (χ2n) is 8.46. The predicted octanol–water partition coefficient (Wildman–Crippen LogP) is 6.67. The summed E-state index contributed by atoms with van der Waals surface area (Å²) in [4.78, 5) is 11.5. The molecule has 0 heterocycles. The van der Waals surface area contributed by atoms with Gasteiger partial charge in [-0.2, -0.15) is 0 Å². The molecule has 0 unspecified atom stereocenters. The number of carboxylic acids is 1. The van der Waals surface area contributed by atoms with Gasteiger partial charge in [0, 0.05) is 11.0 Å². The first-order valence-corrected chi connectivity index (χ1v) is 12.1. The highest BCUT2D eigenvalue weighted by molar-refractivity contribution is 7.48. The molecule has 0 fully saturated rings. The number of rotatable bonds is 11. The molecule has 0 amide bonds. The summed E-state index contributed by atoms with van der Waals surface area (Å²) < 4.78 is 31.2. The number of phosphoric acid groups is 1. The SMILES string of the molecule is Cc1cccc(OP(=O)(OCc2ccccc2)OCc2ccccc2)c1C(C)(C)CC(=O)O. The summed E-state index contributed by atoms with van der Waals surface area (Å²) in [5.74, 6) is -0.649. The lowest BCUT2D eigenvalue weighted by Gasteiger charge is -2.29. The molecular formula is C26H29O6P. The number of carboxylic acid groups (broad SMARTS) is 1. The third-order valence-electron chi connectivity index (χ3n) is 5.18. The highest BCUT2D eigenvalue weighted by atomic mass is 31.2. The number of hydrogen-bond donors (Lipinski definition) is 1. The maximum absolute atomic E-state index is 13.8. The molecule has 0 saturated carbocycles. The minimum absolute atomic E-state index is 0.0343. The molecule has 0 aliphatic carbocycles. The summed E-state index contributed by atoms with van der Waals surface area (Å²) in [6.45, 7) is 5.57. The van der Waals surface area contributed by atoms with E-state index in [4.69, 9.17) is 13.6 Å². The van der Waals surface area contributed by atoms with Crippen LogP contribution < -0.4 is 4.52 Å². The zero-order valence-corrected chi connectivity index (χ0v) is 20.0. The number of benzene rings is 3. The lowest BCUT2D eigenvalue weighted by Crippen LogP contribution is -2.24. The van der Waals surface area contributed by atoms with E-state index in [1.807, 2.05) is 87.5 Å². The van der Waals surface area contributed by atoms with Crippen molar-refractivity contribution in [3.8, 4) is 5.75 Å². The summed E-state index contributed by atoms with van der Waals surface area (Å²) in [6.07, 6.45) is -0.117. The fourth-order valence-corrected chi connectivity index (χ4v) is 4.90. The quantitative estimate of drug-likeness (QED) is 0.317. The van der Waals surface area contributed by atoms with E-state index in [2.05, 4.69) is 0 Å². The molecule has 0 aromatic heterocycles. The summed E-state index contributed by atoms with van der Waals surface area (Å²) in [7, 11) is -4.07. The number of aryl methyl sites for hydroxylation is 1. The molecule has 0 aliphatic rings. The smallest absolute Gasteiger partial charge is 0.481 e. The van der Waals surface area contributed by atoms with Gasteiger partial charge < -0.3 is 9.63 Å². The molecule has 0 atom stereocenters. The summed E-state index contributed by atoms with van der Waals surface area (Å²) in [5.41, 5.74) is 2.35. The van der Waals surface area contributed by atoms with Gasteiger partial charge in [0.25, 0.3) is 0 Å². The first-order valence-electron chi connectivity index (χ1n) is 10.7. The van der Waals surface area contributed by atoms with Crippen LogP contribution in [0.3, 0.4) is 0 Å². The fraction of sp³-hybridized carbons (Fsp3) is 0.269. The summed E-state index contributed by atoms with van der Waals surface area (Å²) >= 11 is 0. The standard InChI is InChI=1S/C26H29O6P/c1-20-11-10-16-23(25(20)26(2,3)17-24(27)28)32-33(29,30-18-21-12-6-4-7-13-21)31-19-22-14-8-5-9-15-22/h4-16H,17-19H2,1-3H3,(H,27,28). The van der Waals surface area contributed by atoms with Crippen LogP contribution in [0, 0.1) is 6.92 Å². The molecule has 0 aliphatic heterocycles. The topological polar surface area (TPSA) is 82.1 Å². The van der Waals surface area contributed by atoms with E-state index < -0.39 is 19.2 Å². The van der Waals surface area contributed by atoms with E-state index in [9.17, 15) is 14.5 Å². The number of hydrogen-bond acceptors (Lipinski definition) is 5. The molecule has 0 spiro atoms. The maximum atomic E-state index is 13.8. The van der Waals surface area contributed by atoms with Crippen LogP contribution in [-0.4, -0.2) is 11.1 Å². The van der Waals surface area contributed by atoms with Gasteiger partial charge in [-0.15, -0.1) is 0 Å². The largest absolute Gasteiger partial charge is 0.530 e. The van der Waals surface area contributed by atoms with Crippen LogP contribution in [-0.2, 0) is 37.0 Å². The molecule has 0 radical (unpaired) electrons. The van der Waals surface area contributed by atoms with Crippen molar-refractivity contribution < 1.29 is 28.0 Å². The Hall–Kier alpha value is -2.92. The van der Waals surface area contributed by atoms with Crippen LogP contribution in [0.1, 0.15) is 42.5 Å². The van der Waals surface area contributed by atoms with Crippen LogP contribution in [0.4, 0.5) is 0 Å². The van der Waals surface area contributed by atoms with Gasteiger partial charge in [-0.05, 0) is 29.7 Å². The molecule has 33 heavy (non-hydrogen) atoms. The fourth-order valence-electron chi connectivity index (χ4n) is 3.72. The molecule has 7 heteroatoms. The van der Waals surface area contributed by atoms with Crippen LogP contribution in [0.5, 0.6) is 5.75 Å². The van der Waals surface area contributed by atoms with Crippen LogP contribution in [0.25, 0.3) is 0 Å². The van der Waals surface area contributed by atoms with E-state index in [0.29, 0.717) is 5.56 Å². The molecule has 6 nitrogen and oxygen atoms in total. The van der Waals surface area contributed by atoms with Crippen molar-refractivity contribution in [2.45, 2.75) is 45.8 Å². The Morgan fingerprint density at radius 1 is 0.848 bits per heavy atom. The second kappa shape index (κ2) is 10.8. The number of carbonyl (C=O) groups is 1. The average Bonchev–Trinajstić information content (AvgIpc) is 2.77. The minimum Gasteiger partial charge on any atom is -0.481 e. The third-order valence-corrected chi connectivity index (χ3v) is 6.49. The lowest BCUT2D eigenvalue weighted by atomic mass is 9.79. The Labute approximate surface area is 194 Å². The van der Waals surface area contributed by atoms with Gasteiger partial charge in [0.05, 0.1) is 19.6 Å². The van der Waals surface area contributed by atoms with Gasteiger partial charge in [0.1, 0.15) is 5.75 Å². The van der Waals surface area contributed by atoms with Crippen molar-refractivity contribution in [3.05, 3.63) is 101 Å². The monoisotopic (exact) mass is 468 g/mol. The normalized spacial score (nSPS) is 11.8. The van der Waals surface area contributed by atoms with Crippen molar-refractivity contribution in [2.24, 2.45) is 0 Å². The molecule has 3 aromatic carbocycles. The van der Waals surface area contributed by atoms with Gasteiger partial charge in [-0.1, -0.05) is 86.6 Å². The molecule has 3 rings (SSSR count). The van der Waals surface area contributed by atoms with E-state index in [-0.39, 0.29) is 25.4 Å². The lowest BCUT2D eigenvalue weighted by molar-refractivity contribution is -0.138. The number of phosphoric ester groups is 1. The summed E-state index contributed by atoms with van der Waals surface area (Å²) in [5, 5.41) is 9.40. The first kappa shape index (κ1) is 24.7. The highest BCUT2D eigenvalue weighted by Gasteiger charge is 2.35. The maximum Gasteiger partial charge on any atom is 0.530 e. The van der Waals surface area contributed by atoms with Crippen LogP contribution >= 0.6 is 7.82 Å². The van der Waals surface area contributed by atoms with E-state index in [0.717, 1.165) is 16.7 Å². The molecule has 0 saturated heterocycles. The third kappa shape index (κ3) is 7.03. The van der Waals surface area contributed by atoms with Crippen molar-refractivity contribution in [2.75, 3.05) is 0 Å². The molecule has 3 aromatic rings. The van der Waals surface area contributed by atoms with Crippen LogP contribution in [0.2, 0.25) is 0 Å².